The molecule has 0 bridgehead atoms. The summed E-state index contributed by atoms with van der Waals surface area (Å²) in [5.74, 6) is -0.666. The first kappa shape index (κ1) is 17.3. The van der Waals surface area contributed by atoms with Gasteiger partial charge in [0.15, 0.2) is 0 Å². The number of amides is 1. The molecule has 0 fully saturated rings. The van der Waals surface area contributed by atoms with Crippen LogP contribution in [0.4, 0.5) is 5.69 Å². The van der Waals surface area contributed by atoms with Crippen molar-refractivity contribution in [3.05, 3.63) is 86.2 Å². The fraction of sp³-hybridized carbons (Fsp3) is 0.158. The van der Waals surface area contributed by atoms with Gasteiger partial charge in [0.25, 0.3) is 11.5 Å². The van der Waals surface area contributed by atoms with Crippen molar-refractivity contribution in [3.8, 4) is 5.69 Å². The van der Waals surface area contributed by atoms with E-state index in [2.05, 4.69) is 10.4 Å². The Labute approximate surface area is 149 Å². The summed E-state index contributed by atoms with van der Waals surface area (Å²) in [6, 6.07) is 14.3. The number of hydrogen-bond donors (Lipinski definition) is 1. The van der Waals surface area contributed by atoms with Gasteiger partial charge in [-0.25, -0.2) is 4.79 Å². The van der Waals surface area contributed by atoms with E-state index in [0.717, 1.165) is 20.4 Å². The second-order valence-electron chi connectivity index (χ2n) is 6.01. The molecule has 26 heavy (non-hydrogen) atoms. The number of benzene rings is 2. The number of para-hydroxylation sites is 1. The van der Waals surface area contributed by atoms with Crippen LogP contribution in [-0.4, -0.2) is 20.3 Å². The number of carbonyl (C=O) groups is 1. The second kappa shape index (κ2) is 6.79. The first-order valence-electron chi connectivity index (χ1n) is 8.03. The Morgan fingerprint density at radius 2 is 1.65 bits per heavy atom. The summed E-state index contributed by atoms with van der Waals surface area (Å²) < 4.78 is 1.92. The Hall–Kier alpha value is -3.48. The highest BCUT2D eigenvalue weighted by atomic mass is 16.2. The molecule has 3 aromatic rings. The summed E-state index contributed by atoms with van der Waals surface area (Å²) in [5, 5.41) is 6.69. The van der Waals surface area contributed by atoms with E-state index in [1.54, 1.807) is 24.3 Å². The fourth-order valence-corrected chi connectivity index (χ4v) is 2.46. The zero-order valence-electron chi connectivity index (χ0n) is 14.7. The van der Waals surface area contributed by atoms with Gasteiger partial charge in [-0.15, -0.1) is 0 Å². The van der Waals surface area contributed by atoms with Crippen molar-refractivity contribution in [3.63, 3.8) is 0 Å². The number of rotatable bonds is 3. The third-order valence-corrected chi connectivity index (χ3v) is 4.06. The maximum atomic E-state index is 12.6. The van der Waals surface area contributed by atoms with Crippen LogP contribution >= 0.6 is 0 Å². The normalized spacial score (nSPS) is 10.6. The molecule has 0 unspecified atom stereocenters. The van der Waals surface area contributed by atoms with Gasteiger partial charge in [0.05, 0.1) is 5.69 Å². The molecule has 1 amide bonds. The number of nitrogens with one attached hydrogen (secondary N) is 1. The van der Waals surface area contributed by atoms with Crippen LogP contribution in [0.25, 0.3) is 5.69 Å². The lowest BCUT2D eigenvalue weighted by molar-refractivity contribution is 0.101. The Morgan fingerprint density at radius 1 is 1.00 bits per heavy atom. The number of carbonyl (C=O) groups excluding carboxylic acids is 1. The van der Waals surface area contributed by atoms with E-state index >= 15 is 0 Å². The molecule has 2 aromatic carbocycles. The van der Waals surface area contributed by atoms with Crippen molar-refractivity contribution in [2.75, 3.05) is 5.32 Å². The Bertz CT molecular complexity index is 1100. The Kier molecular flexibility index (Phi) is 4.53. The zero-order valence-corrected chi connectivity index (χ0v) is 14.7. The highest BCUT2D eigenvalue weighted by Crippen LogP contribution is 2.13. The van der Waals surface area contributed by atoms with E-state index < -0.39 is 17.2 Å². The van der Waals surface area contributed by atoms with Crippen molar-refractivity contribution < 1.29 is 4.79 Å². The van der Waals surface area contributed by atoms with E-state index in [1.807, 2.05) is 38.1 Å². The number of hydrogen-bond acceptors (Lipinski definition) is 4. The molecule has 1 aromatic heterocycles. The molecule has 132 valence electrons. The van der Waals surface area contributed by atoms with Crippen LogP contribution in [0.3, 0.4) is 0 Å². The molecule has 0 atom stereocenters. The van der Waals surface area contributed by atoms with Crippen molar-refractivity contribution in [2.45, 2.75) is 13.8 Å². The molecule has 0 spiro atoms. The fourth-order valence-electron chi connectivity index (χ4n) is 2.46. The smallest absolute Gasteiger partial charge is 0.320 e. The van der Waals surface area contributed by atoms with Gasteiger partial charge in [0, 0.05) is 12.7 Å². The van der Waals surface area contributed by atoms with Crippen LogP contribution < -0.4 is 16.6 Å². The third kappa shape index (κ3) is 3.19. The van der Waals surface area contributed by atoms with Crippen LogP contribution in [0.2, 0.25) is 0 Å². The lowest BCUT2D eigenvalue weighted by Crippen LogP contribution is -2.43. The zero-order chi connectivity index (χ0) is 18.8. The molecule has 7 heteroatoms. The monoisotopic (exact) mass is 350 g/mol. The van der Waals surface area contributed by atoms with Crippen LogP contribution in [0, 0.1) is 13.8 Å². The average molecular weight is 350 g/mol. The molecule has 1 heterocycles. The van der Waals surface area contributed by atoms with Crippen LogP contribution in [0.5, 0.6) is 0 Å². The number of nitrogens with zero attached hydrogens (tertiary/aromatic N) is 3. The average Bonchev–Trinajstić information content (AvgIpc) is 2.63. The second-order valence-corrected chi connectivity index (χ2v) is 6.01. The van der Waals surface area contributed by atoms with Gasteiger partial charge in [-0.2, -0.15) is 9.78 Å². The van der Waals surface area contributed by atoms with Crippen molar-refractivity contribution in [1.82, 2.24) is 14.3 Å². The highest BCUT2D eigenvalue weighted by Gasteiger charge is 2.19. The molecule has 0 aliphatic rings. The van der Waals surface area contributed by atoms with Gasteiger partial charge in [-0.05, 0) is 37.6 Å². The van der Waals surface area contributed by atoms with E-state index in [-0.39, 0.29) is 5.69 Å². The van der Waals surface area contributed by atoms with Crippen molar-refractivity contribution in [2.24, 2.45) is 7.05 Å². The van der Waals surface area contributed by atoms with Crippen molar-refractivity contribution in [1.29, 1.82) is 0 Å². The van der Waals surface area contributed by atoms with E-state index in [1.165, 1.54) is 7.05 Å². The number of aryl methyl sites for hydroxylation is 2. The van der Waals surface area contributed by atoms with Crippen LogP contribution in [0.1, 0.15) is 21.6 Å². The SMILES string of the molecule is Cc1ccc(-n2nc(C(=O)Nc3ccccc3C)c(=O)n(C)c2=O)cc1. The Balaban J connectivity index is 2.09. The molecule has 7 nitrogen and oxygen atoms in total. The Morgan fingerprint density at radius 3 is 2.31 bits per heavy atom. The van der Waals surface area contributed by atoms with Gasteiger partial charge >= 0.3 is 5.69 Å². The van der Waals surface area contributed by atoms with Crippen molar-refractivity contribution >= 4 is 11.6 Å². The van der Waals surface area contributed by atoms with Crippen LogP contribution in [0.15, 0.2) is 58.1 Å². The summed E-state index contributed by atoms with van der Waals surface area (Å²) >= 11 is 0. The van der Waals surface area contributed by atoms with Gasteiger partial charge < -0.3 is 5.32 Å². The molecular formula is C19H18N4O3. The molecule has 0 radical (unpaired) electrons. The summed E-state index contributed by atoms with van der Waals surface area (Å²) in [7, 11) is 1.32. The maximum Gasteiger partial charge on any atom is 0.351 e. The molecular weight excluding hydrogens is 332 g/mol. The van der Waals surface area contributed by atoms with Gasteiger partial charge in [0.1, 0.15) is 0 Å². The largest absolute Gasteiger partial charge is 0.351 e. The lowest BCUT2D eigenvalue weighted by Gasteiger charge is -2.11. The molecule has 3 rings (SSSR count). The van der Waals surface area contributed by atoms with Crippen LogP contribution in [-0.2, 0) is 7.05 Å². The minimum absolute atomic E-state index is 0.351. The lowest BCUT2D eigenvalue weighted by atomic mass is 10.2. The minimum atomic E-state index is -0.746. The van der Waals surface area contributed by atoms with Gasteiger partial charge in [-0.1, -0.05) is 35.9 Å². The molecule has 0 saturated heterocycles. The predicted molar refractivity (Wildman–Crippen MR) is 98.9 cm³/mol. The summed E-state index contributed by atoms with van der Waals surface area (Å²) in [4.78, 5) is 37.4. The molecule has 0 aliphatic carbocycles. The first-order valence-corrected chi connectivity index (χ1v) is 8.03. The number of aromatic nitrogens is 3. The third-order valence-electron chi connectivity index (χ3n) is 4.06. The summed E-state index contributed by atoms with van der Waals surface area (Å²) in [5.41, 5.74) is 1.20. The molecule has 1 N–H and O–H groups in total. The molecule has 0 aliphatic heterocycles. The van der Waals surface area contributed by atoms with E-state index in [9.17, 15) is 14.4 Å². The highest BCUT2D eigenvalue weighted by molar-refractivity contribution is 6.02. The van der Waals surface area contributed by atoms with E-state index in [0.29, 0.717) is 11.4 Å². The van der Waals surface area contributed by atoms with Gasteiger partial charge in [0.2, 0.25) is 5.69 Å². The molecule has 0 saturated carbocycles. The number of anilines is 1. The quantitative estimate of drug-likeness (QED) is 0.780. The standard InChI is InChI=1S/C19H18N4O3/c1-12-8-10-14(11-9-12)23-19(26)22(3)18(25)16(21-23)17(24)20-15-7-5-4-6-13(15)2/h4-11H,1-3H3,(H,20,24). The van der Waals surface area contributed by atoms with Gasteiger partial charge in [-0.3, -0.25) is 14.2 Å². The topological polar surface area (TPSA) is 86.0 Å². The predicted octanol–water partition coefficient (Wildman–Crippen LogP) is 1.80. The van der Waals surface area contributed by atoms with E-state index in [4.69, 9.17) is 0 Å². The summed E-state index contributed by atoms with van der Waals surface area (Å²) in [6.07, 6.45) is 0. The summed E-state index contributed by atoms with van der Waals surface area (Å²) in [6.45, 7) is 3.76. The minimum Gasteiger partial charge on any atom is -0.320 e. The first-order chi connectivity index (χ1) is 12.4. The maximum absolute atomic E-state index is 12.6.